The number of nitrogens with zero attached hydrogens (tertiary/aromatic N) is 3. The first kappa shape index (κ1) is 17.4. The third-order valence-electron chi connectivity index (χ3n) is 4.66. The molecule has 1 fully saturated rings. The SMILES string of the molecule is Nc1ccnc(-c2cccc(C(=O)N(CCO)C3CCCCC3)c2)n1. The second-order valence-electron chi connectivity index (χ2n) is 6.40. The summed E-state index contributed by atoms with van der Waals surface area (Å²) in [6.07, 6.45) is 7.10. The first-order chi connectivity index (χ1) is 12.2. The minimum Gasteiger partial charge on any atom is -0.395 e. The van der Waals surface area contributed by atoms with Crippen LogP contribution in [0.3, 0.4) is 0 Å². The predicted octanol–water partition coefficient (Wildman–Crippen LogP) is 2.49. The maximum atomic E-state index is 13.0. The van der Waals surface area contributed by atoms with E-state index in [1.807, 2.05) is 17.0 Å². The molecule has 0 unspecified atom stereocenters. The maximum absolute atomic E-state index is 13.0. The van der Waals surface area contributed by atoms with Gasteiger partial charge in [-0.1, -0.05) is 31.4 Å². The number of nitrogens with two attached hydrogens (primary N) is 1. The number of benzene rings is 1. The summed E-state index contributed by atoms with van der Waals surface area (Å²) in [4.78, 5) is 23.3. The van der Waals surface area contributed by atoms with E-state index in [0.29, 0.717) is 23.8 Å². The van der Waals surface area contributed by atoms with Crippen molar-refractivity contribution in [2.75, 3.05) is 18.9 Å². The lowest BCUT2D eigenvalue weighted by atomic mass is 9.93. The second-order valence-corrected chi connectivity index (χ2v) is 6.40. The van der Waals surface area contributed by atoms with Gasteiger partial charge in [0.2, 0.25) is 0 Å². The van der Waals surface area contributed by atoms with E-state index in [1.54, 1.807) is 24.4 Å². The Labute approximate surface area is 147 Å². The van der Waals surface area contributed by atoms with E-state index in [2.05, 4.69) is 9.97 Å². The van der Waals surface area contributed by atoms with Crippen LogP contribution in [-0.2, 0) is 0 Å². The number of anilines is 1. The highest BCUT2D eigenvalue weighted by Crippen LogP contribution is 2.25. The Morgan fingerprint density at radius 2 is 2.04 bits per heavy atom. The fraction of sp³-hybridized carbons (Fsp3) is 0.421. The molecule has 132 valence electrons. The summed E-state index contributed by atoms with van der Waals surface area (Å²) in [5.74, 6) is 0.846. The molecule has 1 saturated carbocycles. The van der Waals surface area contributed by atoms with Crippen molar-refractivity contribution in [2.24, 2.45) is 0 Å². The largest absolute Gasteiger partial charge is 0.395 e. The Hall–Kier alpha value is -2.47. The number of carbonyl (C=O) groups excluding carboxylic acids is 1. The zero-order chi connectivity index (χ0) is 17.6. The summed E-state index contributed by atoms with van der Waals surface area (Å²) >= 11 is 0. The standard InChI is InChI=1S/C19H24N4O2/c20-17-9-10-21-18(22-17)14-5-4-6-15(13-14)19(25)23(11-12-24)16-7-2-1-3-8-16/h4-6,9-10,13,16,24H,1-3,7-8,11-12H2,(H2,20,21,22). The van der Waals surface area contributed by atoms with Crippen molar-refractivity contribution in [3.63, 3.8) is 0 Å². The van der Waals surface area contributed by atoms with Crippen molar-refractivity contribution in [3.8, 4) is 11.4 Å². The molecule has 1 aliphatic rings. The molecule has 0 radical (unpaired) electrons. The van der Waals surface area contributed by atoms with E-state index in [-0.39, 0.29) is 18.6 Å². The maximum Gasteiger partial charge on any atom is 0.254 e. The van der Waals surface area contributed by atoms with E-state index in [0.717, 1.165) is 31.2 Å². The summed E-state index contributed by atoms with van der Waals surface area (Å²) in [7, 11) is 0. The van der Waals surface area contributed by atoms with Gasteiger partial charge in [-0.25, -0.2) is 9.97 Å². The van der Waals surface area contributed by atoms with E-state index >= 15 is 0 Å². The Morgan fingerprint density at radius 3 is 2.76 bits per heavy atom. The minimum atomic E-state index is -0.0493. The van der Waals surface area contributed by atoms with Gasteiger partial charge in [-0.2, -0.15) is 0 Å². The van der Waals surface area contributed by atoms with E-state index in [9.17, 15) is 9.90 Å². The number of aliphatic hydroxyl groups is 1. The van der Waals surface area contributed by atoms with Crippen LogP contribution in [0.15, 0.2) is 36.5 Å². The van der Waals surface area contributed by atoms with Gasteiger partial charge in [0.25, 0.3) is 5.91 Å². The van der Waals surface area contributed by atoms with Crippen LogP contribution in [-0.4, -0.2) is 45.1 Å². The average Bonchev–Trinajstić information content (AvgIpc) is 2.66. The monoisotopic (exact) mass is 340 g/mol. The zero-order valence-electron chi connectivity index (χ0n) is 14.3. The van der Waals surface area contributed by atoms with E-state index in [1.165, 1.54) is 6.42 Å². The van der Waals surface area contributed by atoms with Crippen LogP contribution < -0.4 is 5.73 Å². The number of carbonyl (C=O) groups is 1. The van der Waals surface area contributed by atoms with Crippen LogP contribution in [0, 0.1) is 0 Å². The van der Waals surface area contributed by atoms with Crippen LogP contribution in [0.5, 0.6) is 0 Å². The second kappa shape index (κ2) is 8.07. The molecule has 1 heterocycles. The Kier molecular flexibility index (Phi) is 5.60. The number of aliphatic hydroxyl groups excluding tert-OH is 1. The summed E-state index contributed by atoms with van der Waals surface area (Å²) < 4.78 is 0. The van der Waals surface area contributed by atoms with Gasteiger partial charge in [-0.15, -0.1) is 0 Å². The molecule has 2 aromatic rings. The highest BCUT2D eigenvalue weighted by molar-refractivity contribution is 5.95. The molecule has 0 spiro atoms. The van der Waals surface area contributed by atoms with Gasteiger partial charge in [0.05, 0.1) is 6.61 Å². The third-order valence-corrected chi connectivity index (χ3v) is 4.66. The molecular weight excluding hydrogens is 316 g/mol. The molecule has 1 aromatic carbocycles. The lowest BCUT2D eigenvalue weighted by Crippen LogP contribution is -2.43. The van der Waals surface area contributed by atoms with Crippen LogP contribution in [0.1, 0.15) is 42.5 Å². The molecule has 1 aromatic heterocycles. The van der Waals surface area contributed by atoms with Gasteiger partial charge in [-0.05, 0) is 31.0 Å². The first-order valence-corrected chi connectivity index (χ1v) is 8.80. The first-order valence-electron chi connectivity index (χ1n) is 8.80. The number of rotatable bonds is 5. The van der Waals surface area contributed by atoms with Crippen molar-refractivity contribution in [2.45, 2.75) is 38.1 Å². The number of hydrogen-bond acceptors (Lipinski definition) is 5. The fourth-order valence-corrected chi connectivity index (χ4v) is 3.42. The lowest BCUT2D eigenvalue weighted by molar-refractivity contribution is 0.0585. The Morgan fingerprint density at radius 1 is 1.24 bits per heavy atom. The number of nitrogen functional groups attached to an aromatic ring is 1. The summed E-state index contributed by atoms with van der Waals surface area (Å²) in [6.45, 7) is 0.336. The third kappa shape index (κ3) is 4.14. The summed E-state index contributed by atoms with van der Waals surface area (Å²) in [6, 6.07) is 9.12. The molecule has 0 saturated heterocycles. The van der Waals surface area contributed by atoms with Gasteiger partial charge in [0, 0.05) is 29.9 Å². The average molecular weight is 340 g/mol. The van der Waals surface area contributed by atoms with Gasteiger partial charge in [0.1, 0.15) is 5.82 Å². The molecule has 1 amide bonds. The molecule has 0 bridgehead atoms. The number of aromatic nitrogens is 2. The quantitative estimate of drug-likeness (QED) is 0.872. The summed E-state index contributed by atoms with van der Waals surface area (Å²) in [5, 5.41) is 9.40. The Balaban J connectivity index is 1.86. The normalized spacial score (nSPS) is 15.1. The smallest absolute Gasteiger partial charge is 0.254 e. The highest BCUT2D eigenvalue weighted by Gasteiger charge is 2.26. The van der Waals surface area contributed by atoms with E-state index < -0.39 is 0 Å². The van der Waals surface area contributed by atoms with Crippen molar-refractivity contribution < 1.29 is 9.90 Å². The van der Waals surface area contributed by atoms with Crippen molar-refractivity contribution in [3.05, 3.63) is 42.1 Å². The van der Waals surface area contributed by atoms with Crippen molar-refractivity contribution in [1.29, 1.82) is 0 Å². The van der Waals surface area contributed by atoms with Crippen molar-refractivity contribution >= 4 is 11.7 Å². The van der Waals surface area contributed by atoms with Crippen molar-refractivity contribution in [1.82, 2.24) is 14.9 Å². The minimum absolute atomic E-state index is 0.0275. The van der Waals surface area contributed by atoms with Gasteiger partial charge < -0.3 is 15.7 Å². The Bertz CT molecular complexity index is 729. The lowest BCUT2D eigenvalue weighted by Gasteiger charge is -2.34. The highest BCUT2D eigenvalue weighted by atomic mass is 16.3. The number of hydrogen-bond donors (Lipinski definition) is 2. The van der Waals surface area contributed by atoms with E-state index in [4.69, 9.17) is 5.73 Å². The zero-order valence-corrected chi connectivity index (χ0v) is 14.3. The topological polar surface area (TPSA) is 92.3 Å². The molecule has 3 N–H and O–H groups in total. The fourth-order valence-electron chi connectivity index (χ4n) is 3.42. The molecule has 0 atom stereocenters. The van der Waals surface area contributed by atoms with Gasteiger partial charge in [0.15, 0.2) is 5.82 Å². The molecule has 3 rings (SSSR count). The number of amides is 1. The molecule has 0 aliphatic heterocycles. The predicted molar refractivity (Wildman–Crippen MR) is 96.9 cm³/mol. The molecule has 6 nitrogen and oxygen atoms in total. The van der Waals surface area contributed by atoms with Gasteiger partial charge in [-0.3, -0.25) is 4.79 Å². The molecular formula is C19H24N4O2. The molecule has 1 aliphatic carbocycles. The van der Waals surface area contributed by atoms with Gasteiger partial charge >= 0.3 is 0 Å². The van der Waals surface area contributed by atoms with Crippen LogP contribution in [0.2, 0.25) is 0 Å². The molecule has 6 heteroatoms. The molecule has 25 heavy (non-hydrogen) atoms. The van der Waals surface area contributed by atoms with Crippen LogP contribution in [0.25, 0.3) is 11.4 Å². The van der Waals surface area contributed by atoms with Crippen LogP contribution >= 0.6 is 0 Å². The van der Waals surface area contributed by atoms with Crippen LogP contribution in [0.4, 0.5) is 5.82 Å². The summed E-state index contributed by atoms with van der Waals surface area (Å²) in [5.41, 5.74) is 7.07.